The van der Waals surface area contributed by atoms with Crippen molar-refractivity contribution in [3.8, 4) is 0 Å². The maximum atomic E-state index is 3.57. The van der Waals surface area contributed by atoms with Gasteiger partial charge in [0, 0.05) is 6.54 Å². The highest BCUT2D eigenvalue weighted by molar-refractivity contribution is 4.85. The molecule has 0 aliphatic carbocycles. The van der Waals surface area contributed by atoms with E-state index in [2.05, 4.69) is 24.5 Å². The van der Waals surface area contributed by atoms with E-state index in [0.717, 1.165) is 0 Å². The minimum atomic E-state index is 0.598. The molecule has 0 aromatic heterocycles. The Bertz CT molecular complexity index is 128. The molecule has 1 fully saturated rings. The summed E-state index contributed by atoms with van der Waals surface area (Å²) in [7, 11) is 0. The van der Waals surface area contributed by atoms with E-state index < -0.39 is 0 Å². The van der Waals surface area contributed by atoms with Crippen LogP contribution in [-0.4, -0.2) is 26.2 Å². The molecule has 1 heterocycles. The fraction of sp³-hybridized carbons (Fsp3) is 1.00. The van der Waals surface area contributed by atoms with Gasteiger partial charge in [-0.25, -0.2) is 0 Å². The quantitative estimate of drug-likeness (QED) is 0.636. The molecule has 0 spiro atoms. The van der Waals surface area contributed by atoms with E-state index >= 15 is 0 Å². The standard InChI is InChI=1S/C11H24N2/c1-3-7-13-10-11(4-2)5-8-12-9-6-11/h12-13H,3-10H2,1-2H3. The molecule has 2 N–H and O–H groups in total. The van der Waals surface area contributed by atoms with Crippen molar-refractivity contribution in [1.29, 1.82) is 0 Å². The highest BCUT2D eigenvalue weighted by Gasteiger charge is 2.29. The second-order valence-corrected chi connectivity index (χ2v) is 4.28. The topological polar surface area (TPSA) is 24.1 Å². The van der Waals surface area contributed by atoms with Crippen molar-refractivity contribution in [2.75, 3.05) is 26.2 Å². The maximum Gasteiger partial charge on any atom is 0.000865 e. The molecule has 1 aliphatic heterocycles. The Morgan fingerprint density at radius 3 is 2.46 bits per heavy atom. The van der Waals surface area contributed by atoms with Gasteiger partial charge >= 0.3 is 0 Å². The van der Waals surface area contributed by atoms with Gasteiger partial charge in [0.25, 0.3) is 0 Å². The minimum Gasteiger partial charge on any atom is -0.317 e. The van der Waals surface area contributed by atoms with Crippen LogP contribution in [0.4, 0.5) is 0 Å². The average Bonchev–Trinajstić information content (AvgIpc) is 2.20. The van der Waals surface area contributed by atoms with Crippen molar-refractivity contribution in [2.24, 2.45) is 5.41 Å². The van der Waals surface area contributed by atoms with Crippen LogP contribution in [0.3, 0.4) is 0 Å². The van der Waals surface area contributed by atoms with Crippen LogP contribution < -0.4 is 10.6 Å². The molecule has 0 aromatic rings. The van der Waals surface area contributed by atoms with Gasteiger partial charge in [-0.05, 0) is 50.7 Å². The molecular weight excluding hydrogens is 160 g/mol. The van der Waals surface area contributed by atoms with E-state index in [9.17, 15) is 0 Å². The average molecular weight is 184 g/mol. The summed E-state index contributed by atoms with van der Waals surface area (Å²) < 4.78 is 0. The van der Waals surface area contributed by atoms with Crippen LogP contribution in [0, 0.1) is 5.41 Å². The second kappa shape index (κ2) is 5.61. The van der Waals surface area contributed by atoms with E-state index in [1.807, 2.05) is 0 Å². The van der Waals surface area contributed by atoms with Gasteiger partial charge in [-0.3, -0.25) is 0 Å². The van der Waals surface area contributed by atoms with Gasteiger partial charge in [0.1, 0.15) is 0 Å². The summed E-state index contributed by atoms with van der Waals surface area (Å²) in [6.45, 7) is 9.38. The molecule has 0 amide bonds. The van der Waals surface area contributed by atoms with Crippen molar-refractivity contribution < 1.29 is 0 Å². The molecule has 13 heavy (non-hydrogen) atoms. The molecular formula is C11H24N2. The first kappa shape index (κ1) is 11.0. The third kappa shape index (κ3) is 3.28. The van der Waals surface area contributed by atoms with Crippen molar-refractivity contribution in [3.63, 3.8) is 0 Å². The molecule has 2 nitrogen and oxygen atoms in total. The van der Waals surface area contributed by atoms with Crippen LogP contribution in [0.2, 0.25) is 0 Å². The van der Waals surface area contributed by atoms with Gasteiger partial charge in [-0.2, -0.15) is 0 Å². The van der Waals surface area contributed by atoms with Crippen molar-refractivity contribution in [1.82, 2.24) is 10.6 Å². The molecule has 0 radical (unpaired) electrons. The molecule has 0 bridgehead atoms. The highest BCUT2D eigenvalue weighted by Crippen LogP contribution is 2.31. The van der Waals surface area contributed by atoms with Crippen LogP contribution in [0.1, 0.15) is 39.5 Å². The van der Waals surface area contributed by atoms with E-state index in [1.165, 1.54) is 51.9 Å². The first-order chi connectivity index (χ1) is 6.33. The fourth-order valence-corrected chi connectivity index (χ4v) is 2.14. The largest absolute Gasteiger partial charge is 0.317 e. The van der Waals surface area contributed by atoms with Crippen LogP contribution in [0.5, 0.6) is 0 Å². The lowest BCUT2D eigenvalue weighted by Crippen LogP contribution is -2.43. The minimum absolute atomic E-state index is 0.598. The predicted molar refractivity (Wildman–Crippen MR) is 58.0 cm³/mol. The summed E-state index contributed by atoms with van der Waals surface area (Å²) in [5.41, 5.74) is 0.598. The Morgan fingerprint density at radius 1 is 1.23 bits per heavy atom. The van der Waals surface area contributed by atoms with E-state index in [1.54, 1.807) is 0 Å². The number of hydrogen-bond acceptors (Lipinski definition) is 2. The number of nitrogens with one attached hydrogen (secondary N) is 2. The molecule has 1 rings (SSSR count). The Hall–Kier alpha value is -0.0800. The van der Waals surface area contributed by atoms with Crippen molar-refractivity contribution in [2.45, 2.75) is 39.5 Å². The first-order valence-corrected chi connectivity index (χ1v) is 5.74. The first-order valence-electron chi connectivity index (χ1n) is 5.74. The van der Waals surface area contributed by atoms with Gasteiger partial charge in [0.15, 0.2) is 0 Å². The smallest absolute Gasteiger partial charge is 0.000865 e. The van der Waals surface area contributed by atoms with Crippen LogP contribution in [-0.2, 0) is 0 Å². The summed E-state index contributed by atoms with van der Waals surface area (Å²) in [5, 5.41) is 7.01. The van der Waals surface area contributed by atoms with Crippen molar-refractivity contribution >= 4 is 0 Å². The molecule has 1 aliphatic rings. The maximum absolute atomic E-state index is 3.57. The van der Waals surface area contributed by atoms with E-state index in [0.29, 0.717) is 5.41 Å². The normalized spacial score (nSPS) is 21.7. The third-order valence-corrected chi connectivity index (χ3v) is 3.34. The molecule has 0 saturated carbocycles. The Morgan fingerprint density at radius 2 is 1.92 bits per heavy atom. The van der Waals surface area contributed by atoms with E-state index in [-0.39, 0.29) is 0 Å². The summed E-state index contributed by atoms with van der Waals surface area (Å²) in [5.74, 6) is 0. The van der Waals surface area contributed by atoms with Crippen molar-refractivity contribution in [3.05, 3.63) is 0 Å². The monoisotopic (exact) mass is 184 g/mol. The van der Waals surface area contributed by atoms with Gasteiger partial charge in [0.05, 0.1) is 0 Å². The lowest BCUT2D eigenvalue weighted by Gasteiger charge is -2.37. The van der Waals surface area contributed by atoms with Gasteiger partial charge in [-0.1, -0.05) is 13.8 Å². The lowest BCUT2D eigenvalue weighted by molar-refractivity contribution is 0.186. The number of rotatable bonds is 5. The summed E-state index contributed by atoms with van der Waals surface area (Å²) in [4.78, 5) is 0. The molecule has 0 aromatic carbocycles. The summed E-state index contributed by atoms with van der Waals surface area (Å²) in [6, 6.07) is 0. The Kier molecular flexibility index (Phi) is 4.74. The lowest BCUT2D eigenvalue weighted by atomic mass is 9.76. The molecule has 2 heteroatoms. The molecule has 0 atom stereocenters. The summed E-state index contributed by atoms with van der Waals surface area (Å²) in [6.07, 6.45) is 5.27. The van der Waals surface area contributed by atoms with Crippen LogP contribution >= 0.6 is 0 Å². The van der Waals surface area contributed by atoms with Gasteiger partial charge in [0.2, 0.25) is 0 Å². The zero-order valence-electron chi connectivity index (χ0n) is 9.16. The summed E-state index contributed by atoms with van der Waals surface area (Å²) >= 11 is 0. The van der Waals surface area contributed by atoms with Gasteiger partial charge in [-0.15, -0.1) is 0 Å². The highest BCUT2D eigenvalue weighted by atomic mass is 14.9. The SMILES string of the molecule is CCCNCC1(CC)CCNCC1. The number of hydrogen-bond donors (Lipinski definition) is 2. The Labute approximate surface area is 82.5 Å². The molecule has 0 unspecified atom stereocenters. The third-order valence-electron chi connectivity index (χ3n) is 3.34. The van der Waals surface area contributed by atoms with E-state index in [4.69, 9.17) is 0 Å². The molecule has 1 saturated heterocycles. The fourth-order valence-electron chi connectivity index (χ4n) is 2.14. The molecule has 78 valence electrons. The second-order valence-electron chi connectivity index (χ2n) is 4.28. The van der Waals surface area contributed by atoms with Crippen LogP contribution in [0.25, 0.3) is 0 Å². The van der Waals surface area contributed by atoms with Gasteiger partial charge < -0.3 is 10.6 Å². The zero-order chi connectivity index (χ0) is 9.57. The zero-order valence-corrected chi connectivity index (χ0v) is 9.16. The van der Waals surface area contributed by atoms with Crippen LogP contribution in [0.15, 0.2) is 0 Å². The Balaban J connectivity index is 2.29. The number of piperidine rings is 1. The predicted octanol–water partition coefficient (Wildman–Crippen LogP) is 1.77.